The van der Waals surface area contributed by atoms with Gasteiger partial charge in [-0.3, -0.25) is 24.6 Å². The minimum atomic E-state index is -0.939. The normalized spacial score (nSPS) is 11.0. The number of carbonyl (C=O) groups is 4. The molecule has 0 bridgehead atoms. The highest BCUT2D eigenvalue weighted by atomic mass is 35.5. The maximum absolute atomic E-state index is 13.1. The van der Waals surface area contributed by atoms with Crippen LogP contribution in [-0.4, -0.2) is 59.6 Å². The molecule has 0 aliphatic carbocycles. The van der Waals surface area contributed by atoms with E-state index in [9.17, 15) is 19.2 Å². The monoisotopic (exact) mass is 538 g/mol. The molecule has 1 heterocycles. The number of carbonyl (C=O) groups excluding carboxylic acids is 4. The molecule has 4 amide bonds. The first-order valence-electron chi connectivity index (χ1n) is 10.7. The number of aryl methyl sites for hydroxylation is 2. The molecule has 8 N–H and O–H groups in total. The number of halogens is 1. The number of guanidine groups is 1. The third-order valence-corrected chi connectivity index (χ3v) is 5.81. The minimum Gasteiger partial charge on any atom is -0.370 e. The highest BCUT2D eigenvalue weighted by Gasteiger charge is 2.26. The van der Waals surface area contributed by atoms with Crippen molar-refractivity contribution < 1.29 is 19.2 Å². The summed E-state index contributed by atoms with van der Waals surface area (Å²) in [6.45, 7) is 1.34. The Morgan fingerprint density at radius 3 is 2.25 bits per heavy atom. The number of nitrogens with two attached hydrogens (primary N) is 2. The van der Waals surface area contributed by atoms with Gasteiger partial charge in [0, 0.05) is 33.1 Å². The van der Waals surface area contributed by atoms with Crippen molar-refractivity contribution in [3.05, 3.63) is 40.4 Å². The molecule has 2 rings (SSSR count). The van der Waals surface area contributed by atoms with E-state index in [4.69, 9.17) is 16.9 Å². The number of hydrogen-bond donors (Lipinski definition) is 6. The number of hydrogen-bond acceptors (Lipinski definition) is 7. The highest BCUT2D eigenvalue weighted by molar-refractivity contribution is 7.17. The van der Waals surface area contributed by atoms with Crippen LogP contribution in [0.25, 0.3) is 0 Å². The van der Waals surface area contributed by atoms with Crippen molar-refractivity contribution in [3.8, 4) is 0 Å². The maximum atomic E-state index is 13.1. The van der Waals surface area contributed by atoms with Crippen molar-refractivity contribution >= 4 is 64.2 Å². The second-order valence-corrected chi connectivity index (χ2v) is 8.97. The summed E-state index contributed by atoms with van der Waals surface area (Å²) in [6.07, 6.45) is 0.939. The van der Waals surface area contributed by atoms with Crippen LogP contribution < -0.4 is 27.4 Å². The number of anilines is 2. The summed E-state index contributed by atoms with van der Waals surface area (Å²) in [4.78, 5) is 54.4. The molecule has 0 aliphatic heterocycles. The third-order valence-electron chi connectivity index (χ3n) is 4.79. The molecule has 0 saturated carbocycles. The fourth-order valence-electron chi connectivity index (χ4n) is 3.16. The van der Waals surface area contributed by atoms with E-state index in [0.717, 1.165) is 16.9 Å². The Hall–Kier alpha value is -3.71. The first-order chi connectivity index (χ1) is 16.5. The van der Waals surface area contributed by atoms with Gasteiger partial charge in [0.15, 0.2) is 11.1 Å². The Morgan fingerprint density at radius 1 is 1.08 bits per heavy atom. The Balaban J connectivity index is 0.00000648. The van der Waals surface area contributed by atoms with E-state index in [0.29, 0.717) is 24.2 Å². The first kappa shape index (κ1) is 30.3. The van der Waals surface area contributed by atoms with Gasteiger partial charge in [0.1, 0.15) is 10.9 Å². The van der Waals surface area contributed by atoms with E-state index in [1.54, 1.807) is 26.2 Å². The average molecular weight is 539 g/mol. The number of likely N-dealkylation sites (N-methyl/N-ethyl adjacent to an activating group) is 1. The third kappa shape index (κ3) is 9.50. The lowest BCUT2D eigenvalue weighted by atomic mass is 10.1. The zero-order chi connectivity index (χ0) is 26.1. The number of amides is 4. The van der Waals surface area contributed by atoms with Gasteiger partial charge < -0.3 is 32.3 Å². The lowest BCUT2D eigenvalue weighted by molar-refractivity contribution is -0.131. The van der Waals surface area contributed by atoms with Crippen molar-refractivity contribution in [1.29, 1.82) is 5.41 Å². The molecule has 1 aromatic carbocycles. The van der Waals surface area contributed by atoms with Crippen LogP contribution in [0.2, 0.25) is 0 Å². The Labute approximate surface area is 219 Å². The topological polar surface area (TPSA) is 196 Å². The van der Waals surface area contributed by atoms with Gasteiger partial charge in [-0.25, -0.2) is 4.98 Å². The molecule has 0 fully saturated rings. The quantitative estimate of drug-likeness (QED) is 0.181. The van der Waals surface area contributed by atoms with E-state index in [1.807, 2.05) is 12.1 Å². The predicted octanol–water partition coefficient (Wildman–Crippen LogP) is 1.07. The van der Waals surface area contributed by atoms with E-state index >= 15 is 0 Å². The molecule has 14 heteroatoms. The van der Waals surface area contributed by atoms with Crippen molar-refractivity contribution in [3.63, 3.8) is 0 Å². The Bertz CT molecular complexity index is 1100. The van der Waals surface area contributed by atoms with Crippen LogP contribution in [0, 0.1) is 5.41 Å². The van der Waals surface area contributed by atoms with Gasteiger partial charge in [-0.15, -0.1) is 12.4 Å². The van der Waals surface area contributed by atoms with Gasteiger partial charge >= 0.3 is 0 Å². The van der Waals surface area contributed by atoms with E-state index < -0.39 is 17.9 Å². The molecule has 1 atom stereocenters. The highest BCUT2D eigenvalue weighted by Crippen LogP contribution is 2.25. The molecule has 0 saturated heterocycles. The first-order valence-corrected chi connectivity index (χ1v) is 11.6. The molecule has 12 nitrogen and oxygen atoms in total. The Kier molecular flexibility index (Phi) is 11.8. The molecule has 0 spiro atoms. The number of nitrogens with one attached hydrogen (secondary N) is 4. The van der Waals surface area contributed by atoms with Crippen molar-refractivity contribution in [2.75, 3.05) is 24.7 Å². The van der Waals surface area contributed by atoms with Gasteiger partial charge in [-0.05, 0) is 37.0 Å². The van der Waals surface area contributed by atoms with E-state index in [-0.39, 0.29) is 53.0 Å². The minimum absolute atomic E-state index is 0. The lowest BCUT2D eigenvalue weighted by Gasteiger charge is -2.21. The van der Waals surface area contributed by atoms with Gasteiger partial charge in [-0.2, -0.15) is 0 Å². The van der Waals surface area contributed by atoms with Gasteiger partial charge in [0.2, 0.25) is 17.7 Å². The SMILES string of the molecule is CC(=O)Nc1nc(CCc2ccc(NC(=N)N)cc2)c(C(=O)N[C@@H](CCC(N)=O)C(=O)N(C)C)s1.Cl. The second kappa shape index (κ2) is 14.0. The molecular formula is C22H31ClN8O4S. The van der Waals surface area contributed by atoms with Crippen LogP contribution in [0.1, 0.15) is 40.7 Å². The summed E-state index contributed by atoms with van der Waals surface area (Å²) >= 11 is 1.01. The zero-order valence-electron chi connectivity index (χ0n) is 20.2. The van der Waals surface area contributed by atoms with Gasteiger partial charge in [-0.1, -0.05) is 23.5 Å². The van der Waals surface area contributed by atoms with Crippen molar-refractivity contribution in [2.45, 2.75) is 38.6 Å². The molecule has 36 heavy (non-hydrogen) atoms. The van der Waals surface area contributed by atoms with Crippen molar-refractivity contribution in [2.24, 2.45) is 11.5 Å². The van der Waals surface area contributed by atoms with E-state index in [1.165, 1.54) is 11.8 Å². The van der Waals surface area contributed by atoms with Crippen LogP contribution in [0.3, 0.4) is 0 Å². The summed E-state index contributed by atoms with van der Waals surface area (Å²) in [5.74, 6) is -1.96. The van der Waals surface area contributed by atoms with Crippen LogP contribution in [-0.2, 0) is 27.2 Å². The molecule has 0 aliphatic rings. The summed E-state index contributed by atoms with van der Waals surface area (Å²) in [7, 11) is 3.10. The fourth-order valence-corrected chi connectivity index (χ4v) is 4.12. The van der Waals surface area contributed by atoms with Crippen LogP contribution in [0.5, 0.6) is 0 Å². The summed E-state index contributed by atoms with van der Waals surface area (Å²) in [5.41, 5.74) is 12.7. The Morgan fingerprint density at radius 2 is 1.72 bits per heavy atom. The summed E-state index contributed by atoms with van der Waals surface area (Å²) < 4.78 is 0. The molecule has 2 aromatic rings. The number of benzene rings is 1. The molecule has 0 radical (unpaired) electrons. The second-order valence-electron chi connectivity index (χ2n) is 7.98. The number of rotatable bonds is 11. The molecule has 0 unspecified atom stereocenters. The van der Waals surface area contributed by atoms with Gasteiger partial charge in [0.05, 0.1) is 5.69 Å². The zero-order valence-corrected chi connectivity index (χ0v) is 21.8. The van der Waals surface area contributed by atoms with Crippen molar-refractivity contribution in [1.82, 2.24) is 15.2 Å². The molecule has 1 aromatic heterocycles. The van der Waals surface area contributed by atoms with Crippen LogP contribution in [0.15, 0.2) is 24.3 Å². The van der Waals surface area contributed by atoms with Gasteiger partial charge in [0.25, 0.3) is 5.91 Å². The molecule has 196 valence electrons. The standard InChI is InChI=1S/C22H30N8O4S.ClH/c1-12(31)26-22-29-15(9-6-13-4-7-14(8-5-13)27-21(24)25)18(35-22)19(33)28-16(10-11-17(23)32)20(34)30(2)3;/h4-5,7-8,16H,6,9-11H2,1-3H3,(H2,23,32)(H,28,33)(H4,24,25,27)(H,26,29,31);1H/t16-;/m0./s1. The number of primary amides is 1. The predicted molar refractivity (Wildman–Crippen MR) is 141 cm³/mol. The number of nitrogens with zero attached hydrogens (tertiary/aromatic N) is 2. The average Bonchev–Trinajstić information content (AvgIpc) is 3.16. The summed E-state index contributed by atoms with van der Waals surface area (Å²) in [6, 6.07) is 6.35. The number of aromatic nitrogens is 1. The number of thiazole rings is 1. The largest absolute Gasteiger partial charge is 0.370 e. The van der Waals surface area contributed by atoms with Crippen LogP contribution in [0.4, 0.5) is 10.8 Å². The van der Waals surface area contributed by atoms with Crippen LogP contribution >= 0.6 is 23.7 Å². The summed E-state index contributed by atoms with van der Waals surface area (Å²) in [5, 5.41) is 15.5. The smallest absolute Gasteiger partial charge is 0.264 e. The van der Waals surface area contributed by atoms with E-state index in [2.05, 4.69) is 20.9 Å². The fraction of sp³-hybridized carbons (Fsp3) is 0.364. The lowest BCUT2D eigenvalue weighted by Crippen LogP contribution is -2.46. The molecular weight excluding hydrogens is 508 g/mol. The maximum Gasteiger partial charge on any atom is 0.264 e.